The number of hydrogen-bond acceptors (Lipinski definition) is 1. The molecule has 0 heterocycles. The van der Waals surface area contributed by atoms with E-state index in [0.29, 0.717) is 11.2 Å². The zero-order chi connectivity index (χ0) is 15.2. The van der Waals surface area contributed by atoms with Gasteiger partial charge in [0.2, 0.25) is 0 Å². The molecule has 0 N–H and O–H groups in total. The van der Waals surface area contributed by atoms with E-state index in [1.165, 1.54) is 44.9 Å². The van der Waals surface area contributed by atoms with Gasteiger partial charge in [0.1, 0.15) is 5.78 Å². The van der Waals surface area contributed by atoms with Crippen molar-refractivity contribution in [2.75, 3.05) is 0 Å². The fourth-order valence-corrected chi connectivity index (χ4v) is 4.33. The molecule has 0 aromatic heterocycles. The topological polar surface area (TPSA) is 17.1 Å². The summed E-state index contributed by atoms with van der Waals surface area (Å²) in [6.07, 6.45) is 11.5. The third-order valence-electron chi connectivity index (χ3n) is 5.56. The molecule has 0 aromatic carbocycles. The van der Waals surface area contributed by atoms with Gasteiger partial charge in [-0.2, -0.15) is 0 Å². The molecule has 1 rings (SSSR count). The highest BCUT2D eigenvalue weighted by Gasteiger charge is 2.40. The van der Waals surface area contributed by atoms with Gasteiger partial charge in [0, 0.05) is 6.42 Å². The maximum Gasteiger partial charge on any atom is 0.129 e. The molecule has 0 spiro atoms. The van der Waals surface area contributed by atoms with Crippen LogP contribution in [0.4, 0.5) is 0 Å². The third kappa shape index (κ3) is 5.58. The molecule has 1 aliphatic rings. The number of hydrogen-bond donors (Lipinski definition) is 0. The van der Waals surface area contributed by atoms with Crippen LogP contribution in [-0.2, 0) is 4.79 Å². The van der Waals surface area contributed by atoms with E-state index < -0.39 is 0 Å². The number of ketones is 1. The molecule has 1 aliphatic carbocycles. The van der Waals surface area contributed by atoms with Crippen molar-refractivity contribution >= 4 is 5.78 Å². The van der Waals surface area contributed by atoms with Gasteiger partial charge in [-0.3, -0.25) is 0 Å². The van der Waals surface area contributed by atoms with Crippen LogP contribution in [0.3, 0.4) is 0 Å². The van der Waals surface area contributed by atoms with Crippen LogP contribution in [0.1, 0.15) is 92.4 Å². The normalized spacial score (nSPS) is 28.0. The minimum absolute atomic E-state index is 0.355. The van der Waals surface area contributed by atoms with Crippen LogP contribution in [0, 0.1) is 23.2 Å². The first-order chi connectivity index (χ1) is 9.35. The van der Waals surface area contributed by atoms with Gasteiger partial charge >= 0.3 is 0 Å². The van der Waals surface area contributed by atoms with Crippen LogP contribution in [0.15, 0.2) is 0 Å². The summed E-state index contributed by atoms with van der Waals surface area (Å²) in [4.78, 5) is 11.1. The van der Waals surface area contributed by atoms with Crippen molar-refractivity contribution < 1.29 is 4.79 Å². The minimum Gasteiger partial charge on any atom is -0.300 e. The largest absolute Gasteiger partial charge is 0.300 e. The van der Waals surface area contributed by atoms with Crippen LogP contribution < -0.4 is 0 Å². The molecular weight excluding hydrogens is 244 g/mol. The van der Waals surface area contributed by atoms with Crippen LogP contribution >= 0.6 is 0 Å². The second kappa shape index (κ2) is 8.20. The summed E-state index contributed by atoms with van der Waals surface area (Å²) >= 11 is 0. The Labute approximate surface area is 126 Å². The molecule has 1 saturated carbocycles. The Morgan fingerprint density at radius 3 is 2.50 bits per heavy atom. The highest BCUT2D eigenvalue weighted by molar-refractivity contribution is 5.75. The molecule has 0 radical (unpaired) electrons. The molecule has 118 valence electrons. The first-order valence-corrected chi connectivity index (χ1v) is 8.84. The van der Waals surface area contributed by atoms with Gasteiger partial charge in [-0.1, -0.05) is 53.4 Å². The van der Waals surface area contributed by atoms with E-state index in [0.717, 1.165) is 30.6 Å². The quantitative estimate of drug-likeness (QED) is 0.505. The Balaban J connectivity index is 2.43. The van der Waals surface area contributed by atoms with E-state index in [1.807, 2.05) is 0 Å². The second-order valence-corrected chi connectivity index (χ2v) is 8.01. The van der Waals surface area contributed by atoms with E-state index in [1.54, 1.807) is 6.92 Å². The van der Waals surface area contributed by atoms with Crippen molar-refractivity contribution in [3.05, 3.63) is 0 Å². The molecule has 0 amide bonds. The third-order valence-corrected chi connectivity index (χ3v) is 5.56. The lowest BCUT2D eigenvalue weighted by Crippen LogP contribution is -2.27. The second-order valence-electron chi connectivity index (χ2n) is 8.01. The molecule has 1 fully saturated rings. The van der Waals surface area contributed by atoms with Crippen molar-refractivity contribution in [3.8, 4) is 0 Å². The molecule has 0 aliphatic heterocycles. The lowest BCUT2D eigenvalue weighted by atomic mass is 9.69. The fraction of sp³-hybridized carbons (Fsp3) is 0.947. The van der Waals surface area contributed by atoms with Crippen molar-refractivity contribution in [3.63, 3.8) is 0 Å². The fourth-order valence-electron chi connectivity index (χ4n) is 4.33. The summed E-state index contributed by atoms with van der Waals surface area (Å²) in [6.45, 7) is 11.3. The number of carbonyl (C=O) groups is 1. The summed E-state index contributed by atoms with van der Waals surface area (Å²) in [7, 11) is 0. The Hall–Kier alpha value is -0.330. The Morgan fingerprint density at radius 2 is 1.90 bits per heavy atom. The van der Waals surface area contributed by atoms with Gasteiger partial charge in [0.15, 0.2) is 0 Å². The summed E-state index contributed by atoms with van der Waals surface area (Å²) < 4.78 is 0. The van der Waals surface area contributed by atoms with Gasteiger partial charge in [0.25, 0.3) is 0 Å². The molecule has 1 heteroatoms. The summed E-state index contributed by atoms with van der Waals surface area (Å²) in [5, 5.41) is 0. The molecule has 1 nitrogen and oxygen atoms in total. The van der Waals surface area contributed by atoms with E-state index in [-0.39, 0.29) is 0 Å². The molecule has 0 bridgehead atoms. The Morgan fingerprint density at radius 1 is 1.20 bits per heavy atom. The monoisotopic (exact) mass is 280 g/mol. The number of rotatable bonds is 9. The maximum absolute atomic E-state index is 11.1. The predicted octanol–water partition coefficient (Wildman–Crippen LogP) is 6.01. The van der Waals surface area contributed by atoms with Crippen LogP contribution in [0.2, 0.25) is 0 Å². The zero-order valence-electron chi connectivity index (χ0n) is 14.5. The first kappa shape index (κ1) is 17.7. The van der Waals surface area contributed by atoms with Crippen molar-refractivity contribution in [1.29, 1.82) is 0 Å². The van der Waals surface area contributed by atoms with E-state index in [2.05, 4.69) is 27.7 Å². The smallest absolute Gasteiger partial charge is 0.129 e. The van der Waals surface area contributed by atoms with Gasteiger partial charge in [0.05, 0.1) is 0 Å². The van der Waals surface area contributed by atoms with E-state index in [9.17, 15) is 4.79 Å². The van der Waals surface area contributed by atoms with Crippen LogP contribution in [0.5, 0.6) is 0 Å². The molecular formula is C19H36O. The lowest BCUT2D eigenvalue weighted by molar-refractivity contribution is -0.117. The Bertz CT molecular complexity index is 294. The van der Waals surface area contributed by atoms with E-state index >= 15 is 0 Å². The first-order valence-electron chi connectivity index (χ1n) is 8.84. The average molecular weight is 280 g/mol. The lowest BCUT2D eigenvalue weighted by Gasteiger charge is -2.36. The number of Topliss-reactive ketones (excluding diaryl/α,β-unsaturated/α-hetero) is 1. The highest BCUT2D eigenvalue weighted by atomic mass is 16.1. The molecule has 0 aromatic rings. The van der Waals surface area contributed by atoms with Crippen molar-refractivity contribution in [2.45, 2.75) is 92.4 Å². The molecule has 20 heavy (non-hydrogen) atoms. The summed E-state index contributed by atoms with van der Waals surface area (Å²) in [5.41, 5.74) is 0.507. The van der Waals surface area contributed by atoms with Crippen molar-refractivity contribution in [2.24, 2.45) is 23.2 Å². The minimum atomic E-state index is 0.355. The van der Waals surface area contributed by atoms with Crippen molar-refractivity contribution in [1.82, 2.24) is 0 Å². The van der Waals surface area contributed by atoms with E-state index in [4.69, 9.17) is 0 Å². The van der Waals surface area contributed by atoms with Gasteiger partial charge in [-0.15, -0.1) is 0 Å². The molecule has 0 saturated heterocycles. The highest BCUT2D eigenvalue weighted by Crippen LogP contribution is 2.51. The maximum atomic E-state index is 11.1. The van der Waals surface area contributed by atoms with Gasteiger partial charge in [-0.25, -0.2) is 0 Å². The average Bonchev–Trinajstić information content (AvgIpc) is 2.70. The number of carbonyl (C=O) groups excluding carboxylic acids is 1. The van der Waals surface area contributed by atoms with Crippen LogP contribution in [-0.4, -0.2) is 5.78 Å². The molecule has 1 unspecified atom stereocenters. The summed E-state index contributed by atoms with van der Waals surface area (Å²) in [6, 6.07) is 0. The van der Waals surface area contributed by atoms with Gasteiger partial charge < -0.3 is 4.79 Å². The zero-order valence-corrected chi connectivity index (χ0v) is 14.5. The predicted molar refractivity (Wildman–Crippen MR) is 87.8 cm³/mol. The van der Waals surface area contributed by atoms with Crippen LogP contribution in [0.25, 0.3) is 0 Å². The SMILES string of the molecule is CC(=O)CCC[C@@]1(C)CCCC1[C@H](C)CCCC(C)C. The molecule has 3 atom stereocenters. The Kier molecular flexibility index (Phi) is 7.26. The van der Waals surface area contributed by atoms with Gasteiger partial charge in [-0.05, 0) is 55.8 Å². The summed E-state index contributed by atoms with van der Waals surface area (Å²) in [5.74, 6) is 2.95. The standard InChI is InChI=1S/C19H36O/c1-15(2)9-6-10-16(3)18-12-8-14-19(18,5)13-7-11-17(4)20/h15-16,18H,6-14H2,1-5H3/t16-,18?,19+/m1/s1.